The van der Waals surface area contributed by atoms with E-state index in [1.807, 2.05) is 49.4 Å². The Morgan fingerprint density at radius 3 is 2.27 bits per heavy atom. The third-order valence-electron chi connectivity index (χ3n) is 3.26. The minimum absolute atomic E-state index is 0.537. The molecule has 0 spiro atoms. The first-order chi connectivity index (χ1) is 10.6. The molecule has 4 N–H and O–H groups in total. The lowest BCUT2D eigenvalue weighted by atomic mass is 10.00. The summed E-state index contributed by atoms with van der Waals surface area (Å²) in [7, 11) is 0. The largest absolute Gasteiger partial charge is 0.399 e. The van der Waals surface area contributed by atoms with E-state index in [9.17, 15) is 0 Å². The van der Waals surface area contributed by atoms with Crippen molar-refractivity contribution in [3.05, 3.63) is 71.4 Å². The molecule has 0 amide bonds. The first kappa shape index (κ1) is 16.2. The molecular formula is C18H21N3S. The number of rotatable bonds is 6. The van der Waals surface area contributed by atoms with Gasteiger partial charge in [-0.3, -0.25) is 0 Å². The van der Waals surface area contributed by atoms with Gasteiger partial charge in [0.05, 0.1) is 0 Å². The molecule has 0 saturated carbocycles. The summed E-state index contributed by atoms with van der Waals surface area (Å²) in [6, 6.07) is 18.0. The number of nitrogens with two attached hydrogens (primary N) is 1. The van der Waals surface area contributed by atoms with Gasteiger partial charge in [-0.2, -0.15) is 0 Å². The summed E-state index contributed by atoms with van der Waals surface area (Å²) in [5.74, 6) is 0.879. The highest BCUT2D eigenvalue weighted by Crippen LogP contribution is 2.22. The molecule has 0 saturated heterocycles. The number of nitrogen functional groups attached to an aromatic ring is 1. The van der Waals surface area contributed by atoms with Gasteiger partial charge >= 0.3 is 0 Å². The second kappa shape index (κ2) is 7.71. The average Bonchev–Trinajstić information content (AvgIpc) is 2.50. The maximum Gasteiger partial charge on any atom is 0.0383 e. The Labute approximate surface area is 136 Å². The SMILES string of the molecule is CC(=N)/C(=C(/C)NSCc1ccccc1)c1ccc(N)cc1. The lowest BCUT2D eigenvalue weighted by Crippen LogP contribution is -2.08. The van der Waals surface area contributed by atoms with E-state index >= 15 is 0 Å². The Hall–Kier alpha value is -2.20. The number of anilines is 1. The Kier molecular flexibility index (Phi) is 5.67. The number of allylic oxidation sites excluding steroid dienone is 2. The molecule has 0 bridgehead atoms. The smallest absolute Gasteiger partial charge is 0.0383 e. The quantitative estimate of drug-likeness (QED) is 0.419. The van der Waals surface area contributed by atoms with Crippen LogP contribution < -0.4 is 10.5 Å². The van der Waals surface area contributed by atoms with Crippen LogP contribution in [0.5, 0.6) is 0 Å². The summed E-state index contributed by atoms with van der Waals surface area (Å²) < 4.78 is 3.35. The van der Waals surface area contributed by atoms with E-state index in [4.69, 9.17) is 11.1 Å². The molecular weight excluding hydrogens is 290 g/mol. The summed E-state index contributed by atoms with van der Waals surface area (Å²) in [4.78, 5) is 0. The van der Waals surface area contributed by atoms with Crippen LogP contribution in [-0.4, -0.2) is 5.71 Å². The van der Waals surface area contributed by atoms with E-state index in [0.717, 1.165) is 28.3 Å². The molecule has 3 nitrogen and oxygen atoms in total. The van der Waals surface area contributed by atoms with Crippen LogP contribution in [0, 0.1) is 5.41 Å². The van der Waals surface area contributed by atoms with Gasteiger partial charge in [0, 0.05) is 28.4 Å². The van der Waals surface area contributed by atoms with Crippen molar-refractivity contribution in [3.8, 4) is 0 Å². The van der Waals surface area contributed by atoms with Crippen LogP contribution in [0.1, 0.15) is 25.0 Å². The third kappa shape index (κ3) is 4.40. The molecule has 0 unspecified atom stereocenters. The first-order valence-electron chi connectivity index (χ1n) is 7.12. The molecule has 114 valence electrons. The normalized spacial score (nSPS) is 11.7. The van der Waals surface area contributed by atoms with Crippen LogP contribution in [0.3, 0.4) is 0 Å². The molecule has 0 aliphatic heterocycles. The van der Waals surface area contributed by atoms with Gasteiger partial charge in [0.25, 0.3) is 0 Å². The van der Waals surface area contributed by atoms with Crippen LogP contribution in [0.15, 0.2) is 60.3 Å². The van der Waals surface area contributed by atoms with E-state index in [0.29, 0.717) is 5.71 Å². The van der Waals surface area contributed by atoms with Crippen LogP contribution >= 0.6 is 11.9 Å². The van der Waals surface area contributed by atoms with Gasteiger partial charge in [0.15, 0.2) is 0 Å². The van der Waals surface area contributed by atoms with Crippen LogP contribution in [0.2, 0.25) is 0 Å². The third-order valence-corrected chi connectivity index (χ3v) is 4.18. The summed E-state index contributed by atoms with van der Waals surface area (Å²) in [5, 5.41) is 8.03. The van der Waals surface area contributed by atoms with Gasteiger partial charge in [-0.25, -0.2) is 0 Å². The topological polar surface area (TPSA) is 61.9 Å². The zero-order valence-electron chi connectivity index (χ0n) is 12.9. The van der Waals surface area contributed by atoms with E-state index < -0.39 is 0 Å². The fourth-order valence-electron chi connectivity index (χ4n) is 2.22. The molecule has 2 rings (SSSR count). The second-order valence-corrected chi connectivity index (χ2v) is 5.90. The molecule has 2 aromatic rings. The highest BCUT2D eigenvalue weighted by Gasteiger charge is 2.08. The van der Waals surface area contributed by atoms with E-state index in [-0.39, 0.29) is 0 Å². The minimum Gasteiger partial charge on any atom is -0.399 e. The van der Waals surface area contributed by atoms with Gasteiger partial charge < -0.3 is 15.9 Å². The fourth-order valence-corrected chi connectivity index (χ4v) is 2.97. The standard InChI is InChI=1S/C18H21N3S/c1-13(19)18(16-8-10-17(20)11-9-16)14(2)21-22-12-15-6-4-3-5-7-15/h3-11,19,21H,12,20H2,1-2H3/b18-14+,19-13?. The lowest BCUT2D eigenvalue weighted by molar-refractivity contribution is 1.20. The van der Waals surface area contributed by atoms with Crippen LogP contribution in [0.4, 0.5) is 5.69 Å². The molecule has 4 heteroatoms. The monoisotopic (exact) mass is 311 g/mol. The van der Waals surface area contributed by atoms with Crippen molar-refractivity contribution in [2.75, 3.05) is 5.73 Å². The Balaban J connectivity index is 2.10. The van der Waals surface area contributed by atoms with E-state index in [1.165, 1.54) is 5.56 Å². The maximum absolute atomic E-state index is 8.03. The summed E-state index contributed by atoms with van der Waals surface area (Å²) >= 11 is 1.63. The number of hydrogen-bond donors (Lipinski definition) is 3. The number of hydrogen-bond acceptors (Lipinski definition) is 4. The highest BCUT2D eigenvalue weighted by atomic mass is 32.2. The van der Waals surface area contributed by atoms with Crippen molar-refractivity contribution < 1.29 is 0 Å². The van der Waals surface area contributed by atoms with Crippen molar-refractivity contribution in [2.24, 2.45) is 0 Å². The predicted octanol–water partition coefficient (Wildman–Crippen LogP) is 4.48. The van der Waals surface area contributed by atoms with Gasteiger partial charge in [-0.15, -0.1) is 0 Å². The zero-order chi connectivity index (χ0) is 15.9. The van der Waals surface area contributed by atoms with Crippen molar-refractivity contribution in [2.45, 2.75) is 19.6 Å². The first-order valence-corrected chi connectivity index (χ1v) is 8.10. The molecule has 0 heterocycles. The fraction of sp³-hybridized carbons (Fsp3) is 0.167. The van der Waals surface area contributed by atoms with Gasteiger partial charge in [0.1, 0.15) is 0 Å². The molecule has 0 aliphatic carbocycles. The molecule has 0 aliphatic rings. The molecule has 2 aromatic carbocycles. The van der Waals surface area contributed by atoms with Crippen LogP contribution in [-0.2, 0) is 5.75 Å². The number of benzene rings is 2. The minimum atomic E-state index is 0.537. The molecule has 0 radical (unpaired) electrons. The van der Waals surface area contributed by atoms with E-state index in [1.54, 1.807) is 18.9 Å². The van der Waals surface area contributed by atoms with Crippen molar-refractivity contribution in [1.82, 2.24) is 4.72 Å². The predicted molar refractivity (Wildman–Crippen MR) is 97.7 cm³/mol. The Morgan fingerprint density at radius 2 is 1.68 bits per heavy atom. The second-order valence-electron chi connectivity index (χ2n) is 5.12. The lowest BCUT2D eigenvalue weighted by Gasteiger charge is -2.13. The molecule has 0 atom stereocenters. The van der Waals surface area contributed by atoms with Crippen LogP contribution in [0.25, 0.3) is 5.57 Å². The van der Waals surface area contributed by atoms with E-state index in [2.05, 4.69) is 16.9 Å². The number of nitrogens with one attached hydrogen (secondary N) is 2. The van der Waals surface area contributed by atoms with Crippen molar-refractivity contribution in [1.29, 1.82) is 5.41 Å². The van der Waals surface area contributed by atoms with Crippen molar-refractivity contribution >= 4 is 28.9 Å². The highest BCUT2D eigenvalue weighted by molar-refractivity contribution is 7.96. The zero-order valence-corrected chi connectivity index (χ0v) is 13.7. The molecule has 0 fully saturated rings. The maximum atomic E-state index is 8.03. The van der Waals surface area contributed by atoms with Crippen molar-refractivity contribution in [3.63, 3.8) is 0 Å². The average molecular weight is 311 g/mol. The molecule has 22 heavy (non-hydrogen) atoms. The Bertz CT molecular complexity index is 660. The summed E-state index contributed by atoms with van der Waals surface area (Å²) in [5.41, 5.74) is 11.2. The molecule has 0 aromatic heterocycles. The Morgan fingerprint density at radius 1 is 1.05 bits per heavy atom. The van der Waals surface area contributed by atoms with Gasteiger partial charge in [-0.1, -0.05) is 42.5 Å². The summed E-state index contributed by atoms with van der Waals surface area (Å²) in [6.07, 6.45) is 0. The van der Waals surface area contributed by atoms with Gasteiger partial charge in [0.2, 0.25) is 0 Å². The van der Waals surface area contributed by atoms with Gasteiger partial charge in [-0.05, 0) is 49.1 Å². The summed E-state index contributed by atoms with van der Waals surface area (Å²) in [6.45, 7) is 3.81.